The quantitative estimate of drug-likeness (QED) is 0.376. The number of nitrogens with zero attached hydrogens (tertiary/aromatic N) is 2. The molecule has 1 aromatic rings. The van der Waals surface area contributed by atoms with E-state index in [9.17, 15) is 4.79 Å². The van der Waals surface area contributed by atoms with Crippen molar-refractivity contribution in [3.8, 4) is 0 Å². The monoisotopic (exact) mass is 417 g/mol. The Morgan fingerprint density at radius 2 is 2.18 bits per heavy atom. The topological polar surface area (TPSA) is 78.4 Å². The summed E-state index contributed by atoms with van der Waals surface area (Å²) >= 11 is 0. The lowest BCUT2D eigenvalue weighted by molar-refractivity contribution is -0.116. The van der Waals surface area contributed by atoms with Gasteiger partial charge in [-0.15, -0.1) is 24.0 Å². The summed E-state index contributed by atoms with van der Waals surface area (Å²) in [5, 5.41) is 9.28. The number of carbonyl (C=O) groups is 1. The summed E-state index contributed by atoms with van der Waals surface area (Å²) in [5.41, 5.74) is 0.883. The molecule has 1 aliphatic rings. The van der Waals surface area contributed by atoms with E-state index in [0.717, 1.165) is 18.2 Å². The predicted molar refractivity (Wildman–Crippen MR) is 99.8 cm³/mol. The number of anilines is 1. The second kappa shape index (κ2) is 9.60. The van der Waals surface area contributed by atoms with E-state index in [-0.39, 0.29) is 29.9 Å². The number of halogens is 1. The van der Waals surface area contributed by atoms with E-state index >= 15 is 0 Å². The molecule has 0 saturated heterocycles. The third-order valence-electron chi connectivity index (χ3n) is 3.03. The number of hydrogen-bond donors (Lipinski definition) is 3. The van der Waals surface area contributed by atoms with Gasteiger partial charge in [-0.2, -0.15) is 0 Å². The normalized spacial score (nSPS) is 14.0. The first-order valence-electron chi connectivity index (χ1n) is 7.45. The molecule has 22 heavy (non-hydrogen) atoms. The van der Waals surface area contributed by atoms with Gasteiger partial charge >= 0.3 is 0 Å². The van der Waals surface area contributed by atoms with Gasteiger partial charge in [0.15, 0.2) is 5.96 Å². The first kappa shape index (κ1) is 18.7. The Bertz CT molecular complexity index is 516. The van der Waals surface area contributed by atoms with Crippen LogP contribution in [0.25, 0.3) is 0 Å². The zero-order valence-electron chi connectivity index (χ0n) is 13.1. The zero-order chi connectivity index (χ0) is 15.1. The van der Waals surface area contributed by atoms with Gasteiger partial charge in [-0.05, 0) is 38.8 Å². The first-order valence-corrected chi connectivity index (χ1v) is 7.45. The molecule has 2 rings (SSSR count). The Hall–Kier alpha value is -1.38. The molecular formula is C15H24IN5O. The van der Waals surface area contributed by atoms with Crippen molar-refractivity contribution < 1.29 is 4.79 Å². The van der Waals surface area contributed by atoms with Gasteiger partial charge in [0.05, 0.1) is 6.54 Å². The smallest absolute Gasteiger partial charge is 0.227 e. The van der Waals surface area contributed by atoms with Crippen LogP contribution in [0.1, 0.15) is 31.9 Å². The fourth-order valence-electron chi connectivity index (χ4n) is 1.83. The average molecular weight is 417 g/mol. The first-order chi connectivity index (χ1) is 10.2. The molecule has 0 unspecified atom stereocenters. The molecule has 1 fully saturated rings. The number of aliphatic imine (C=N–C) groups is 1. The number of rotatable bonds is 6. The maximum atomic E-state index is 11.8. The minimum absolute atomic E-state index is 0. The third-order valence-corrected chi connectivity index (χ3v) is 3.03. The molecule has 0 atom stereocenters. The van der Waals surface area contributed by atoms with Gasteiger partial charge < -0.3 is 16.0 Å². The third kappa shape index (κ3) is 7.06. The lowest BCUT2D eigenvalue weighted by atomic mass is 10.3. The molecule has 6 nitrogen and oxygen atoms in total. The number of carbonyl (C=O) groups excluding carboxylic acids is 1. The molecule has 3 N–H and O–H groups in total. The summed E-state index contributed by atoms with van der Waals surface area (Å²) in [6.45, 7) is 5.20. The fraction of sp³-hybridized carbons (Fsp3) is 0.533. The lowest BCUT2D eigenvalue weighted by Gasteiger charge is -2.10. The summed E-state index contributed by atoms with van der Waals surface area (Å²) in [6, 6.07) is 6.10. The van der Waals surface area contributed by atoms with Crippen molar-refractivity contribution in [1.82, 2.24) is 15.6 Å². The molecule has 1 aromatic heterocycles. The number of pyridine rings is 1. The van der Waals surface area contributed by atoms with E-state index in [4.69, 9.17) is 0 Å². The van der Waals surface area contributed by atoms with Crippen molar-refractivity contribution in [1.29, 1.82) is 0 Å². The lowest BCUT2D eigenvalue weighted by Crippen LogP contribution is -2.38. The minimum Gasteiger partial charge on any atom is -0.357 e. The van der Waals surface area contributed by atoms with Gasteiger partial charge in [-0.25, -0.2) is 4.98 Å². The van der Waals surface area contributed by atoms with Crippen LogP contribution in [0.15, 0.2) is 23.2 Å². The molecule has 0 aromatic carbocycles. The molecule has 0 bridgehead atoms. The molecule has 0 radical (unpaired) electrons. The van der Waals surface area contributed by atoms with Crippen LogP contribution in [0, 0.1) is 6.92 Å². The highest BCUT2D eigenvalue weighted by atomic mass is 127. The van der Waals surface area contributed by atoms with E-state index in [0.29, 0.717) is 24.8 Å². The maximum Gasteiger partial charge on any atom is 0.227 e. The molecular weight excluding hydrogens is 393 g/mol. The number of nitrogens with one attached hydrogen (secondary N) is 3. The van der Waals surface area contributed by atoms with Crippen LogP contribution in [0.2, 0.25) is 0 Å². The van der Waals surface area contributed by atoms with Gasteiger partial charge in [0.1, 0.15) is 5.82 Å². The van der Waals surface area contributed by atoms with Crippen molar-refractivity contribution in [2.24, 2.45) is 4.99 Å². The van der Waals surface area contributed by atoms with E-state index < -0.39 is 0 Å². The Balaban J connectivity index is 0.00000242. The van der Waals surface area contributed by atoms with Crippen LogP contribution in [-0.4, -0.2) is 36.0 Å². The van der Waals surface area contributed by atoms with Gasteiger partial charge in [0.25, 0.3) is 0 Å². The highest BCUT2D eigenvalue weighted by molar-refractivity contribution is 14.0. The number of aromatic nitrogens is 1. The second-order valence-corrected chi connectivity index (χ2v) is 5.14. The average Bonchev–Trinajstić information content (AvgIpc) is 3.23. The van der Waals surface area contributed by atoms with Crippen LogP contribution < -0.4 is 16.0 Å². The Labute approximate surface area is 148 Å². The molecule has 1 heterocycles. The van der Waals surface area contributed by atoms with Crippen LogP contribution in [0.5, 0.6) is 0 Å². The summed E-state index contributed by atoms with van der Waals surface area (Å²) in [7, 11) is 0. The van der Waals surface area contributed by atoms with Crippen molar-refractivity contribution in [2.45, 2.75) is 39.2 Å². The van der Waals surface area contributed by atoms with E-state index in [2.05, 4.69) is 25.9 Å². The summed E-state index contributed by atoms with van der Waals surface area (Å²) in [4.78, 5) is 20.5. The summed E-state index contributed by atoms with van der Waals surface area (Å²) in [6.07, 6.45) is 2.74. The van der Waals surface area contributed by atoms with Gasteiger partial charge in [-0.1, -0.05) is 6.07 Å². The van der Waals surface area contributed by atoms with E-state index in [1.54, 1.807) is 6.07 Å². The van der Waals surface area contributed by atoms with Gasteiger partial charge in [0.2, 0.25) is 5.91 Å². The largest absolute Gasteiger partial charge is 0.357 e. The zero-order valence-corrected chi connectivity index (χ0v) is 15.4. The van der Waals surface area contributed by atoms with Gasteiger partial charge in [-0.3, -0.25) is 9.79 Å². The molecule has 1 amide bonds. The highest BCUT2D eigenvalue weighted by Crippen LogP contribution is 2.18. The van der Waals surface area contributed by atoms with E-state index in [1.165, 1.54) is 12.8 Å². The van der Waals surface area contributed by atoms with Gasteiger partial charge in [0, 0.05) is 24.7 Å². The van der Waals surface area contributed by atoms with Crippen LogP contribution in [0.3, 0.4) is 0 Å². The van der Waals surface area contributed by atoms with Crippen molar-refractivity contribution >= 4 is 41.7 Å². The molecule has 7 heteroatoms. The highest BCUT2D eigenvalue weighted by Gasteiger charge is 2.22. The van der Waals surface area contributed by atoms with Crippen LogP contribution >= 0.6 is 24.0 Å². The fourth-order valence-corrected chi connectivity index (χ4v) is 1.83. The van der Waals surface area contributed by atoms with Crippen molar-refractivity contribution in [3.63, 3.8) is 0 Å². The van der Waals surface area contributed by atoms with E-state index in [1.807, 2.05) is 26.0 Å². The Morgan fingerprint density at radius 3 is 2.82 bits per heavy atom. The minimum atomic E-state index is -0.0703. The molecule has 1 aliphatic carbocycles. The molecule has 0 spiro atoms. The second-order valence-electron chi connectivity index (χ2n) is 5.14. The van der Waals surface area contributed by atoms with Crippen LogP contribution in [-0.2, 0) is 4.79 Å². The van der Waals surface area contributed by atoms with Crippen molar-refractivity contribution in [3.05, 3.63) is 23.9 Å². The Kier molecular flexibility index (Phi) is 8.15. The van der Waals surface area contributed by atoms with Crippen LogP contribution in [0.4, 0.5) is 5.82 Å². The van der Waals surface area contributed by atoms with Crippen molar-refractivity contribution in [2.75, 3.05) is 18.4 Å². The molecule has 0 aliphatic heterocycles. The SMILES string of the molecule is CCNC(=NCCC(=O)Nc1cccc(C)n1)NC1CC1.I. The Morgan fingerprint density at radius 1 is 1.41 bits per heavy atom. The summed E-state index contributed by atoms with van der Waals surface area (Å²) < 4.78 is 0. The molecule has 122 valence electrons. The number of aryl methyl sites for hydroxylation is 1. The standard InChI is InChI=1S/C15H23N5O.HI/c1-3-16-15(19-12-7-8-12)17-10-9-14(21)20-13-6-4-5-11(2)18-13;/h4-6,12H,3,7-10H2,1-2H3,(H2,16,17,19)(H,18,20,21);1H. The number of amides is 1. The predicted octanol–water partition coefficient (Wildman–Crippen LogP) is 2.05. The molecule has 1 saturated carbocycles. The number of hydrogen-bond acceptors (Lipinski definition) is 3. The number of guanidine groups is 1. The maximum absolute atomic E-state index is 11.8. The summed E-state index contributed by atoms with van der Waals surface area (Å²) in [5.74, 6) is 1.31.